The second kappa shape index (κ2) is 4.83. The Kier molecular flexibility index (Phi) is 3.73. The first-order chi connectivity index (χ1) is 6.58. The van der Waals surface area contributed by atoms with E-state index in [9.17, 15) is 4.79 Å². The molecule has 1 unspecified atom stereocenters. The van der Waals surface area contributed by atoms with Crippen molar-refractivity contribution in [2.75, 3.05) is 19.7 Å². The van der Waals surface area contributed by atoms with Crippen LogP contribution in [0.25, 0.3) is 0 Å². The summed E-state index contributed by atoms with van der Waals surface area (Å²) < 4.78 is 4.82. The first kappa shape index (κ1) is 10.8. The first-order valence-corrected chi connectivity index (χ1v) is 4.79. The molecule has 14 heavy (non-hydrogen) atoms. The van der Waals surface area contributed by atoms with Crippen LogP contribution in [0, 0.1) is 5.92 Å². The van der Waals surface area contributed by atoms with Crippen LogP contribution in [0.15, 0.2) is 5.10 Å². The number of hydrogen-bond donors (Lipinski definition) is 1. The van der Waals surface area contributed by atoms with E-state index in [1.54, 1.807) is 0 Å². The number of esters is 1. The van der Waals surface area contributed by atoms with Crippen molar-refractivity contribution in [2.24, 2.45) is 16.8 Å². The molecule has 0 bridgehead atoms. The van der Waals surface area contributed by atoms with Crippen molar-refractivity contribution in [1.82, 2.24) is 5.01 Å². The van der Waals surface area contributed by atoms with E-state index in [2.05, 4.69) is 12.0 Å². The molecule has 1 aliphatic rings. The molecule has 80 valence electrons. The van der Waals surface area contributed by atoms with Gasteiger partial charge in [-0.25, -0.2) is 0 Å². The summed E-state index contributed by atoms with van der Waals surface area (Å²) in [5, 5.41) is 6.02. The minimum atomic E-state index is -0.257. The summed E-state index contributed by atoms with van der Waals surface area (Å²) in [6.45, 7) is 5.39. The molecule has 0 saturated heterocycles. The molecule has 0 radical (unpaired) electrons. The number of carbonyl (C=O) groups is 1. The Morgan fingerprint density at radius 3 is 3.07 bits per heavy atom. The lowest BCUT2D eigenvalue weighted by atomic mass is 10.1. The SMILES string of the molecule is CC(=O)OCCN1CC(C)CC(N)=N1. The summed E-state index contributed by atoms with van der Waals surface area (Å²) in [5.74, 6) is 0.920. The van der Waals surface area contributed by atoms with Crippen molar-refractivity contribution >= 4 is 11.8 Å². The van der Waals surface area contributed by atoms with Gasteiger partial charge in [-0.1, -0.05) is 6.92 Å². The summed E-state index contributed by atoms with van der Waals surface area (Å²) >= 11 is 0. The van der Waals surface area contributed by atoms with Crippen LogP contribution in [0.5, 0.6) is 0 Å². The molecule has 0 aliphatic carbocycles. The van der Waals surface area contributed by atoms with Crippen LogP contribution in [-0.2, 0) is 9.53 Å². The highest BCUT2D eigenvalue weighted by Gasteiger charge is 2.16. The highest BCUT2D eigenvalue weighted by Crippen LogP contribution is 2.11. The standard InChI is InChI=1S/C9H17N3O2/c1-7-5-9(10)11-12(6-7)3-4-14-8(2)13/h7H,3-6H2,1-2H3,(H2,10,11). The molecule has 0 fully saturated rings. The molecule has 0 aromatic carbocycles. The van der Waals surface area contributed by atoms with Crippen molar-refractivity contribution in [3.8, 4) is 0 Å². The highest BCUT2D eigenvalue weighted by molar-refractivity contribution is 5.80. The fourth-order valence-electron chi connectivity index (χ4n) is 1.48. The Hall–Kier alpha value is -1.26. The summed E-state index contributed by atoms with van der Waals surface area (Å²) in [4.78, 5) is 10.5. The lowest BCUT2D eigenvalue weighted by Crippen LogP contribution is -2.36. The van der Waals surface area contributed by atoms with E-state index in [1.807, 2.05) is 5.01 Å². The number of nitrogens with zero attached hydrogens (tertiary/aromatic N) is 2. The van der Waals surface area contributed by atoms with Gasteiger partial charge >= 0.3 is 5.97 Å². The molecule has 0 aromatic rings. The van der Waals surface area contributed by atoms with Gasteiger partial charge in [0.05, 0.1) is 6.54 Å². The molecule has 0 saturated carbocycles. The van der Waals surface area contributed by atoms with Crippen molar-refractivity contribution in [3.63, 3.8) is 0 Å². The van der Waals surface area contributed by atoms with E-state index in [-0.39, 0.29) is 5.97 Å². The summed E-state index contributed by atoms with van der Waals surface area (Å²) in [7, 11) is 0. The highest BCUT2D eigenvalue weighted by atomic mass is 16.5. The van der Waals surface area contributed by atoms with Gasteiger partial charge < -0.3 is 10.5 Å². The minimum absolute atomic E-state index is 0.257. The van der Waals surface area contributed by atoms with Crippen LogP contribution >= 0.6 is 0 Å². The van der Waals surface area contributed by atoms with Gasteiger partial charge in [-0.05, 0) is 5.92 Å². The van der Waals surface area contributed by atoms with Crippen LogP contribution in [-0.4, -0.2) is 36.5 Å². The molecule has 0 spiro atoms. The molecular formula is C9H17N3O2. The van der Waals surface area contributed by atoms with Gasteiger partial charge in [0, 0.05) is 19.9 Å². The van der Waals surface area contributed by atoms with E-state index >= 15 is 0 Å². The zero-order chi connectivity index (χ0) is 10.6. The third kappa shape index (κ3) is 3.64. The number of rotatable bonds is 3. The van der Waals surface area contributed by atoms with Crippen molar-refractivity contribution in [2.45, 2.75) is 20.3 Å². The molecular weight excluding hydrogens is 182 g/mol. The smallest absolute Gasteiger partial charge is 0.302 e. The van der Waals surface area contributed by atoms with Crippen LogP contribution < -0.4 is 5.73 Å². The van der Waals surface area contributed by atoms with Crippen molar-refractivity contribution < 1.29 is 9.53 Å². The molecule has 1 atom stereocenters. The lowest BCUT2D eigenvalue weighted by Gasteiger charge is -2.27. The minimum Gasteiger partial charge on any atom is -0.464 e. The number of amidine groups is 1. The monoisotopic (exact) mass is 199 g/mol. The maximum atomic E-state index is 10.5. The van der Waals surface area contributed by atoms with Gasteiger partial charge in [-0.2, -0.15) is 5.10 Å². The Bertz CT molecular complexity index is 240. The predicted octanol–water partition coefficient (Wildman–Crippen LogP) is 0.164. The maximum absolute atomic E-state index is 10.5. The number of hydrazone groups is 1. The van der Waals surface area contributed by atoms with Crippen molar-refractivity contribution in [3.05, 3.63) is 0 Å². The Balaban J connectivity index is 2.30. The Labute approximate surface area is 83.9 Å². The lowest BCUT2D eigenvalue weighted by molar-refractivity contribution is -0.141. The fourth-order valence-corrected chi connectivity index (χ4v) is 1.48. The van der Waals surface area contributed by atoms with E-state index in [0.717, 1.165) is 13.0 Å². The zero-order valence-corrected chi connectivity index (χ0v) is 8.69. The van der Waals surface area contributed by atoms with E-state index < -0.39 is 0 Å². The normalized spacial score (nSPS) is 21.7. The molecule has 1 heterocycles. The van der Waals surface area contributed by atoms with Gasteiger partial charge in [-0.15, -0.1) is 0 Å². The second-order valence-corrected chi connectivity index (χ2v) is 3.65. The Morgan fingerprint density at radius 1 is 1.79 bits per heavy atom. The quantitative estimate of drug-likeness (QED) is 0.658. The van der Waals surface area contributed by atoms with Crippen LogP contribution in [0.1, 0.15) is 20.3 Å². The molecule has 1 aliphatic heterocycles. The molecule has 0 amide bonds. The summed E-state index contributed by atoms with van der Waals surface area (Å²) in [6, 6.07) is 0. The average molecular weight is 199 g/mol. The summed E-state index contributed by atoms with van der Waals surface area (Å²) in [5.41, 5.74) is 5.65. The van der Waals surface area contributed by atoms with E-state index in [1.165, 1.54) is 6.92 Å². The molecule has 0 aromatic heterocycles. The number of carbonyl (C=O) groups excluding carboxylic acids is 1. The van der Waals surface area contributed by atoms with Crippen molar-refractivity contribution in [1.29, 1.82) is 0 Å². The molecule has 5 nitrogen and oxygen atoms in total. The summed E-state index contributed by atoms with van der Waals surface area (Å²) in [6.07, 6.45) is 0.851. The number of ether oxygens (including phenoxy) is 1. The van der Waals surface area contributed by atoms with Gasteiger partial charge in [0.15, 0.2) is 0 Å². The second-order valence-electron chi connectivity index (χ2n) is 3.65. The molecule has 2 N–H and O–H groups in total. The van der Waals surface area contributed by atoms with Gasteiger partial charge in [0.25, 0.3) is 0 Å². The van der Waals surface area contributed by atoms with E-state index in [4.69, 9.17) is 10.5 Å². The average Bonchev–Trinajstić information content (AvgIpc) is 2.01. The van der Waals surface area contributed by atoms with E-state index in [0.29, 0.717) is 24.9 Å². The maximum Gasteiger partial charge on any atom is 0.302 e. The Morgan fingerprint density at radius 2 is 2.50 bits per heavy atom. The third-order valence-corrected chi connectivity index (χ3v) is 2.00. The largest absolute Gasteiger partial charge is 0.464 e. The molecule has 1 rings (SSSR count). The zero-order valence-electron chi connectivity index (χ0n) is 8.69. The van der Waals surface area contributed by atoms with Crippen LogP contribution in [0.4, 0.5) is 0 Å². The van der Waals surface area contributed by atoms with Crippen LogP contribution in [0.3, 0.4) is 0 Å². The third-order valence-electron chi connectivity index (χ3n) is 2.00. The molecule has 5 heteroatoms. The van der Waals surface area contributed by atoms with Gasteiger partial charge in [-0.3, -0.25) is 9.80 Å². The van der Waals surface area contributed by atoms with Gasteiger partial charge in [0.2, 0.25) is 0 Å². The fraction of sp³-hybridized carbons (Fsp3) is 0.778. The number of hydrogen-bond acceptors (Lipinski definition) is 5. The number of nitrogens with two attached hydrogens (primary N) is 1. The predicted molar refractivity (Wildman–Crippen MR) is 53.6 cm³/mol. The topological polar surface area (TPSA) is 67.9 Å². The first-order valence-electron chi connectivity index (χ1n) is 4.79. The van der Waals surface area contributed by atoms with Gasteiger partial charge in [0.1, 0.15) is 12.4 Å². The van der Waals surface area contributed by atoms with Crippen LogP contribution in [0.2, 0.25) is 0 Å².